The van der Waals surface area contributed by atoms with Gasteiger partial charge >= 0.3 is 0 Å². The second-order valence-corrected chi connectivity index (χ2v) is 12.3. The molecular weight excluding hydrogens is 576 g/mol. The highest BCUT2D eigenvalue weighted by Gasteiger charge is 2.17. The summed E-state index contributed by atoms with van der Waals surface area (Å²) in [4.78, 5) is 1.25. The Labute approximate surface area is 205 Å². The van der Waals surface area contributed by atoms with Crippen LogP contribution in [0, 0.1) is 0 Å². The molecule has 164 valence electrons. The van der Waals surface area contributed by atoms with Crippen molar-refractivity contribution in [1.29, 1.82) is 0 Å². The quantitative estimate of drug-likeness (QED) is 0.268. The number of halogens is 2. The topological polar surface area (TPSA) is 68.3 Å². The van der Waals surface area contributed by atoms with Crippen LogP contribution in [0.15, 0.2) is 138 Å². The average Bonchev–Trinajstić information content (AvgIpc) is 2.81. The van der Waals surface area contributed by atoms with Gasteiger partial charge in [0.15, 0.2) is 0 Å². The maximum absolute atomic E-state index is 12.1. The predicted octanol–water partition coefficient (Wildman–Crippen LogP) is 6.56. The fraction of sp³-hybridized carbons (Fsp3) is 0. The maximum atomic E-state index is 12.1. The number of hydrogen-bond acceptors (Lipinski definition) is 4. The molecule has 32 heavy (non-hydrogen) atoms. The van der Waals surface area contributed by atoms with E-state index < -0.39 is 19.7 Å². The Morgan fingerprint density at radius 2 is 0.625 bits per heavy atom. The first-order valence-electron chi connectivity index (χ1n) is 9.33. The number of rotatable bonds is 4. The van der Waals surface area contributed by atoms with Crippen LogP contribution in [-0.4, -0.2) is 16.8 Å². The van der Waals surface area contributed by atoms with E-state index in [9.17, 15) is 16.8 Å². The lowest BCUT2D eigenvalue weighted by Gasteiger charge is -2.03. The minimum absolute atomic E-state index is 0.307. The third kappa shape index (κ3) is 5.95. The molecule has 0 fully saturated rings. The van der Waals surface area contributed by atoms with E-state index in [0.29, 0.717) is 19.6 Å². The van der Waals surface area contributed by atoms with E-state index in [1.807, 2.05) is 0 Å². The van der Waals surface area contributed by atoms with E-state index in [0.717, 1.165) is 8.95 Å². The summed E-state index contributed by atoms with van der Waals surface area (Å²) in [5.41, 5.74) is 0. The van der Waals surface area contributed by atoms with Crippen molar-refractivity contribution >= 4 is 51.5 Å². The van der Waals surface area contributed by atoms with Gasteiger partial charge in [-0.1, -0.05) is 68.3 Å². The second kappa shape index (κ2) is 10.6. The molecule has 0 saturated heterocycles. The zero-order valence-corrected chi connectivity index (χ0v) is 21.4. The molecule has 0 unspecified atom stereocenters. The van der Waals surface area contributed by atoms with E-state index in [1.165, 1.54) is 0 Å². The Balaban J connectivity index is 0.000000181. The maximum Gasteiger partial charge on any atom is 0.206 e. The summed E-state index contributed by atoms with van der Waals surface area (Å²) in [6.07, 6.45) is 0. The van der Waals surface area contributed by atoms with E-state index in [2.05, 4.69) is 31.9 Å². The molecule has 4 nitrogen and oxygen atoms in total. The van der Waals surface area contributed by atoms with Gasteiger partial charge in [0.25, 0.3) is 0 Å². The molecule has 8 heteroatoms. The predicted molar refractivity (Wildman–Crippen MR) is 132 cm³/mol. The third-order valence-electron chi connectivity index (χ3n) is 4.35. The van der Waals surface area contributed by atoms with E-state index in [4.69, 9.17) is 0 Å². The highest BCUT2D eigenvalue weighted by molar-refractivity contribution is 9.10. The lowest BCUT2D eigenvalue weighted by molar-refractivity contribution is 0.594. The van der Waals surface area contributed by atoms with Crippen LogP contribution in [0.2, 0.25) is 0 Å². The summed E-state index contributed by atoms with van der Waals surface area (Å²) in [5, 5.41) is 0. The Morgan fingerprint density at radius 1 is 0.375 bits per heavy atom. The zero-order valence-electron chi connectivity index (χ0n) is 16.6. The van der Waals surface area contributed by atoms with Gasteiger partial charge in [-0.15, -0.1) is 0 Å². The lowest BCUT2D eigenvalue weighted by atomic mass is 10.4. The van der Waals surface area contributed by atoms with E-state index in [1.54, 1.807) is 109 Å². The largest absolute Gasteiger partial charge is 0.219 e. The van der Waals surface area contributed by atoms with Crippen molar-refractivity contribution in [1.82, 2.24) is 0 Å². The number of hydrogen-bond donors (Lipinski definition) is 0. The minimum atomic E-state index is -3.38. The average molecular weight is 594 g/mol. The molecule has 0 bridgehead atoms. The number of sulfone groups is 2. The molecule has 4 rings (SSSR count). The van der Waals surface area contributed by atoms with Crippen LogP contribution in [0.3, 0.4) is 0 Å². The first-order valence-corrected chi connectivity index (χ1v) is 13.9. The van der Waals surface area contributed by atoms with Gasteiger partial charge < -0.3 is 0 Å². The Morgan fingerprint density at radius 3 is 0.906 bits per heavy atom. The molecule has 0 spiro atoms. The van der Waals surface area contributed by atoms with Crippen LogP contribution < -0.4 is 0 Å². The summed E-state index contributed by atoms with van der Waals surface area (Å²) < 4.78 is 50.2. The SMILES string of the molecule is O=S(=O)(c1ccccc1)c1ccc(Br)cc1.O=S(=O)(c1ccccc1)c1ccc(Br)cc1. The molecule has 0 aliphatic carbocycles. The van der Waals surface area contributed by atoms with Crippen LogP contribution in [0.4, 0.5) is 0 Å². The molecule has 4 aromatic rings. The van der Waals surface area contributed by atoms with Crippen molar-refractivity contribution < 1.29 is 16.8 Å². The second-order valence-electron chi connectivity index (χ2n) is 6.54. The lowest BCUT2D eigenvalue weighted by Crippen LogP contribution is -2.01. The van der Waals surface area contributed by atoms with Gasteiger partial charge in [0.1, 0.15) is 0 Å². The third-order valence-corrected chi connectivity index (χ3v) is 8.98. The molecule has 0 aromatic heterocycles. The highest BCUT2D eigenvalue weighted by atomic mass is 79.9. The first kappa shape index (κ1) is 24.4. The highest BCUT2D eigenvalue weighted by Crippen LogP contribution is 2.23. The van der Waals surface area contributed by atoms with E-state index in [-0.39, 0.29) is 0 Å². The molecule has 0 atom stereocenters. The standard InChI is InChI=1S/2C12H9BrO2S/c2*13-10-6-8-12(9-7-10)16(14,15)11-4-2-1-3-5-11/h2*1-9H. The van der Waals surface area contributed by atoms with Gasteiger partial charge in [-0.3, -0.25) is 0 Å². The summed E-state index contributed by atoms with van der Waals surface area (Å²) >= 11 is 6.55. The molecule has 0 aliphatic heterocycles. The number of benzene rings is 4. The van der Waals surface area contributed by atoms with Crippen molar-refractivity contribution in [2.45, 2.75) is 19.6 Å². The molecule has 0 radical (unpaired) electrons. The Kier molecular flexibility index (Phi) is 8.05. The minimum Gasteiger partial charge on any atom is -0.219 e. The van der Waals surface area contributed by atoms with Gasteiger partial charge in [-0.25, -0.2) is 16.8 Å². The van der Waals surface area contributed by atoms with E-state index >= 15 is 0 Å². The van der Waals surface area contributed by atoms with Crippen molar-refractivity contribution in [3.8, 4) is 0 Å². The van der Waals surface area contributed by atoms with Gasteiger partial charge in [0.2, 0.25) is 19.7 Å². The molecule has 0 saturated carbocycles. The molecule has 0 amide bonds. The van der Waals surface area contributed by atoms with Gasteiger partial charge in [-0.2, -0.15) is 0 Å². The molecule has 0 N–H and O–H groups in total. The van der Waals surface area contributed by atoms with Crippen LogP contribution in [0.1, 0.15) is 0 Å². The van der Waals surface area contributed by atoms with Gasteiger partial charge in [0, 0.05) is 8.95 Å². The summed E-state index contributed by atoms with van der Waals surface area (Å²) in [7, 11) is -6.75. The van der Waals surface area contributed by atoms with Crippen LogP contribution in [0.25, 0.3) is 0 Å². The van der Waals surface area contributed by atoms with Gasteiger partial charge in [0.05, 0.1) is 19.6 Å². The van der Waals surface area contributed by atoms with Crippen molar-refractivity contribution in [2.24, 2.45) is 0 Å². The van der Waals surface area contributed by atoms with Crippen molar-refractivity contribution in [3.05, 3.63) is 118 Å². The van der Waals surface area contributed by atoms with Gasteiger partial charge in [-0.05, 0) is 72.8 Å². The molecule has 4 aromatic carbocycles. The Hall–Kier alpha value is -2.26. The van der Waals surface area contributed by atoms with Crippen molar-refractivity contribution in [2.75, 3.05) is 0 Å². The fourth-order valence-electron chi connectivity index (χ4n) is 2.70. The normalized spacial score (nSPS) is 11.3. The zero-order chi connectivity index (χ0) is 23.2. The summed E-state index contributed by atoms with van der Waals surface area (Å²) in [6, 6.07) is 30.1. The molecule has 0 heterocycles. The smallest absolute Gasteiger partial charge is 0.206 e. The van der Waals surface area contributed by atoms with Crippen molar-refractivity contribution in [3.63, 3.8) is 0 Å². The van der Waals surface area contributed by atoms with Crippen LogP contribution in [0.5, 0.6) is 0 Å². The monoisotopic (exact) mass is 592 g/mol. The molecular formula is C24H18Br2O4S2. The Bertz CT molecular complexity index is 1260. The fourth-order valence-corrected chi connectivity index (χ4v) is 5.79. The van der Waals surface area contributed by atoms with Crippen LogP contribution >= 0.6 is 31.9 Å². The summed E-state index contributed by atoms with van der Waals surface area (Å²) in [5.74, 6) is 0. The van der Waals surface area contributed by atoms with Crippen LogP contribution in [-0.2, 0) is 19.7 Å². The first-order chi connectivity index (χ1) is 15.2. The summed E-state index contributed by atoms with van der Waals surface area (Å²) in [6.45, 7) is 0. The molecule has 0 aliphatic rings.